The van der Waals surface area contributed by atoms with Crippen LogP contribution >= 0.6 is 11.8 Å². The highest BCUT2D eigenvalue weighted by atomic mass is 32.2. The van der Waals surface area contributed by atoms with Crippen LogP contribution in [-0.4, -0.2) is 7.11 Å². The first kappa shape index (κ1) is 12.1. The third-order valence-corrected chi connectivity index (χ3v) is 3.67. The van der Waals surface area contributed by atoms with E-state index in [2.05, 4.69) is 43.3 Å². The molecule has 0 saturated heterocycles. The van der Waals surface area contributed by atoms with Crippen molar-refractivity contribution in [3.05, 3.63) is 59.7 Å². The number of rotatable bonds is 4. The molecular weight excluding hydrogens is 228 g/mol. The first-order chi connectivity index (χ1) is 8.28. The molecule has 2 heteroatoms. The Balaban J connectivity index is 1.95. The number of methoxy groups -OCH3 is 1. The summed E-state index contributed by atoms with van der Waals surface area (Å²) in [5.74, 6) is 1.91. The molecule has 0 saturated carbocycles. The van der Waals surface area contributed by atoms with Crippen LogP contribution in [0.2, 0.25) is 0 Å². The molecule has 0 aliphatic heterocycles. The van der Waals surface area contributed by atoms with Gasteiger partial charge >= 0.3 is 0 Å². The molecule has 1 nitrogen and oxygen atoms in total. The normalized spacial score (nSPS) is 10.2. The molecule has 2 rings (SSSR count). The van der Waals surface area contributed by atoms with Crippen LogP contribution in [0.3, 0.4) is 0 Å². The molecule has 0 aromatic heterocycles. The Morgan fingerprint density at radius 2 is 1.59 bits per heavy atom. The van der Waals surface area contributed by atoms with E-state index >= 15 is 0 Å². The minimum Gasteiger partial charge on any atom is -0.497 e. The molecule has 17 heavy (non-hydrogen) atoms. The van der Waals surface area contributed by atoms with Gasteiger partial charge in [-0.1, -0.05) is 29.8 Å². The molecule has 0 N–H and O–H groups in total. The second-order valence-corrected chi connectivity index (χ2v) is 5.00. The molecule has 0 bridgehead atoms. The lowest BCUT2D eigenvalue weighted by atomic mass is 10.2. The molecule has 0 heterocycles. The first-order valence-electron chi connectivity index (χ1n) is 5.60. The maximum absolute atomic E-state index is 5.14. The van der Waals surface area contributed by atoms with Crippen LogP contribution in [0.25, 0.3) is 0 Å². The van der Waals surface area contributed by atoms with Gasteiger partial charge in [-0.15, -0.1) is 11.8 Å². The van der Waals surface area contributed by atoms with E-state index in [4.69, 9.17) is 4.74 Å². The van der Waals surface area contributed by atoms with E-state index in [9.17, 15) is 0 Å². The SMILES string of the molecule is COc1ccc(SCc2ccc(C)cc2)cc1. The van der Waals surface area contributed by atoms with E-state index in [0.717, 1.165) is 11.5 Å². The fourth-order valence-electron chi connectivity index (χ4n) is 1.52. The maximum atomic E-state index is 5.14. The van der Waals surface area contributed by atoms with Gasteiger partial charge in [0, 0.05) is 10.6 Å². The van der Waals surface area contributed by atoms with Crippen LogP contribution < -0.4 is 4.74 Å². The molecule has 88 valence electrons. The molecule has 2 aromatic rings. The van der Waals surface area contributed by atoms with Crippen LogP contribution in [0.4, 0.5) is 0 Å². The van der Waals surface area contributed by atoms with Gasteiger partial charge in [0.15, 0.2) is 0 Å². The molecule has 0 unspecified atom stereocenters. The quantitative estimate of drug-likeness (QED) is 0.742. The van der Waals surface area contributed by atoms with E-state index in [1.165, 1.54) is 16.0 Å². The lowest BCUT2D eigenvalue weighted by Crippen LogP contribution is -1.83. The summed E-state index contributed by atoms with van der Waals surface area (Å²) in [5.41, 5.74) is 2.67. The average molecular weight is 244 g/mol. The molecule has 0 spiro atoms. The predicted octanol–water partition coefficient (Wildman–Crippen LogP) is 4.30. The molecule has 2 aromatic carbocycles. The van der Waals surface area contributed by atoms with E-state index in [0.29, 0.717) is 0 Å². The largest absolute Gasteiger partial charge is 0.497 e. The summed E-state index contributed by atoms with van der Waals surface area (Å²) in [6.07, 6.45) is 0. The van der Waals surface area contributed by atoms with Crippen LogP contribution in [0.1, 0.15) is 11.1 Å². The third-order valence-electron chi connectivity index (χ3n) is 2.59. The molecule has 0 fully saturated rings. The van der Waals surface area contributed by atoms with Crippen LogP contribution in [0, 0.1) is 6.92 Å². The van der Waals surface area contributed by atoms with Crippen LogP contribution in [-0.2, 0) is 5.75 Å². The topological polar surface area (TPSA) is 9.23 Å². The lowest BCUT2D eigenvalue weighted by Gasteiger charge is -2.04. The van der Waals surface area contributed by atoms with Crippen molar-refractivity contribution in [2.45, 2.75) is 17.6 Å². The van der Waals surface area contributed by atoms with Gasteiger partial charge in [-0.25, -0.2) is 0 Å². The lowest BCUT2D eigenvalue weighted by molar-refractivity contribution is 0.414. The van der Waals surface area contributed by atoms with Gasteiger partial charge in [0.1, 0.15) is 5.75 Å². The Morgan fingerprint density at radius 1 is 0.941 bits per heavy atom. The Bertz CT molecular complexity index is 459. The number of benzene rings is 2. The zero-order chi connectivity index (χ0) is 12.1. The van der Waals surface area contributed by atoms with Crippen molar-refractivity contribution in [2.24, 2.45) is 0 Å². The number of hydrogen-bond donors (Lipinski definition) is 0. The highest BCUT2D eigenvalue weighted by Gasteiger charge is 1.97. The average Bonchev–Trinajstić information content (AvgIpc) is 2.39. The van der Waals surface area contributed by atoms with Crippen LogP contribution in [0.5, 0.6) is 5.75 Å². The van der Waals surface area contributed by atoms with Crippen LogP contribution in [0.15, 0.2) is 53.4 Å². The monoisotopic (exact) mass is 244 g/mol. The van der Waals surface area contributed by atoms with Gasteiger partial charge in [0.05, 0.1) is 7.11 Å². The van der Waals surface area contributed by atoms with Gasteiger partial charge in [-0.3, -0.25) is 0 Å². The van der Waals surface area contributed by atoms with Gasteiger partial charge < -0.3 is 4.74 Å². The highest BCUT2D eigenvalue weighted by Crippen LogP contribution is 2.24. The van der Waals surface area contributed by atoms with E-state index in [1.54, 1.807) is 7.11 Å². The molecule has 0 aliphatic rings. The fourth-order valence-corrected chi connectivity index (χ4v) is 2.38. The predicted molar refractivity (Wildman–Crippen MR) is 73.7 cm³/mol. The standard InChI is InChI=1S/C15H16OS/c1-12-3-5-13(6-4-12)11-17-15-9-7-14(16-2)8-10-15/h3-10H,11H2,1-2H3. The minimum atomic E-state index is 0.907. The molecule has 0 amide bonds. The summed E-state index contributed by atoms with van der Waals surface area (Å²) >= 11 is 1.84. The summed E-state index contributed by atoms with van der Waals surface area (Å²) < 4.78 is 5.14. The number of ether oxygens (including phenoxy) is 1. The molecular formula is C15H16OS. The first-order valence-corrected chi connectivity index (χ1v) is 6.59. The number of thioether (sulfide) groups is 1. The summed E-state index contributed by atoms with van der Waals surface area (Å²) in [7, 11) is 1.69. The molecule has 0 radical (unpaired) electrons. The van der Waals surface area contributed by atoms with Crippen molar-refractivity contribution in [2.75, 3.05) is 7.11 Å². The van der Waals surface area contributed by atoms with Crippen molar-refractivity contribution in [1.82, 2.24) is 0 Å². The highest BCUT2D eigenvalue weighted by molar-refractivity contribution is 7.98. The van der Waals surface area contributed by atoms with Crippen molar-refractivity contribution in [3.63, 3.8) is 0 Å². The number of aryl methyl sites for hydroxylation is 1. The van der Waals surface area contributed by atoms with Crippen molar-refractivity contribution >= 4 is 11.8 Å². The van der Waals surface area contributed by atoms with E-state index < -0.39 is 0 Å². The Morgan fingerprint density at radius 3 is 2.18 bits per heavy atom. The fraction of sp³-hybridized carbons (Fsp3) is 0.200. The smallest absolute Gasteiger partial charge is 0.118 e. The van der Waals surface area contributed by atoms with Crippen molar-refractivity contribution < 1.29 is 4.74 Å². The summed E-state index contributed by atoms with van der Waals surface area (Å²) in [6.45, 7) is 2.11. The Kier molecular flexibility index (Phi) is 4.10. The van der Waals surface area contributed by atoms with Gasteiger partial charge in [0.2, 0.25) is 0 Å². The second-order valence-electron chi connectivity index (χ2n) is 3.95. The summed E-state index contributed by atoms with van der Waals surface area (Å²) in [5, 5.41) is 0. The summed E-state index contributed by atoms with van der Waals surface area (Å²) in [6, 6.07) is 16.9. The van der Waals surface area contributed by atoms with Crippen molar-refractivity contribution in [1.29, 1.82) is 0 Å². The zero-order valence-corrected chi connectivity index (χ0v) is 11.0. The minimum absolute atomic E-state index is 0.907. The van der Waals surface area contributed by atoms with E-state index in [1.807, 2.05) is 23.9 Å². The van der Waals surface area contributed by atoms with E-state index in [-0.39, 0.29) is 0 Å². The zero-order valence-electron chi connectivity index (χ0n) is 10.1. The molecule has 0 atom stereocenters. The third kappa shape index (κ3) is 3.53. The number of hydrogen-bond acceptors (Lipinski definition) is 2. The van der Waals surface area contributed by atoms with Gasteiger partial charge in [-0.2, -0.15) is 0 Å². The van der Waals surface area contributed by atoms with Gasteiger partial charge in [0.25, 0.3) is 0 Å². The second kappa shape index (κ2) is 5.78. The Labute approximate surface area is 107 Å². The summed E-state index contributed by atoms with van der Waals surface area (Å²) in [4.78, 5) is 1.27. The van der Waals surface area contributed by atoms with Gasteiger partial charge in [-0.05, 0) is 36.8 Å². The maximum Gasteiger partial charge on any atom is 0.118 e. The van der Waals surface area contributed by atoms with Crippen molar-refractivity contribution in [3.8, 4) is 5.75 Å². The molecule has 0 aliphatic carbocycles. The Hall–Kier alpha value is -1.41.